The number of amides is 2. The van der Waals surface area contributed by atoms with Crippen LogP contribution >= 0.6 is 0 Å². The van der Waals surface area contributed by atoms with Crippen LogP contribution in [0.2, 0.25) is 0 Å². The third-order valence-electron chi connectivity index (χ3n) is 4.52. The van der Waals surface area contributed by atoms with Crippen molar-refractivity contribution in [3.05, 3.63) is 65.7 Å². The van der Waals surface area contributed by atoms with Gasteiger partial charge in [-0.25, -0.2) is 0 Å². The molecule has 1 unspecified atom stereocenters. The Morgan fingerprint density at radius 3 is 2.54 bits per heavy atom. The van der Waals surface area contributed by atoms with Crippen molar-refractivity contribution in [3.63, 3.8) is 0 Å². The molecule has 1 fully saturated rings. The third-order valence-corrected chi connectivity index (χ3v) is 4.52. The van der Waals surface area contributed by atoms with Crippen LogP contribution < -0.4 is 10.2 Å². The maximum Gasteiger partial charge on any atom is 0.253 e. The van der Waals surface area contributed by atoms with E-state index in [2.05, 4.69) is 12.2 Å². The predicted octanol–water partition coefficient (Wildman–Crippen LogP) is 2.34. The minimum atomic E-state index is -0.210. The van der Waals surface area contributed by atoms with Crippen LogP contribution in [0.3, 0.4) is 0 Å². The lowest BCUT2D eigenvalue weighted by Crippen LogP contribution is -2.50. The lowest BCUT2D eigenvalue weighted by Gasteiger charge is -2.33. The van der Waals surface area contributed by atoms with Crippen LogP contribution in [0.25, 0.3) is 0 Å². The van der Waals surface area contributed by atoms with Crippen LogP contribution in [0.15, 0.2) is 54.6 Å². The Labute approximate surface area is 154 Å². The molecule has 5 nitrogen and oxygen atoms in total. The molecule has 1 aliphatic rings. The number of rotatable bonds is 6. The summed E-state index contributed by atoms with van der Waals surface area (Å²) >= 11 is 0. The zero-order valence-corrected chi connectivity index (χ0v) is 15.0. The molecule has 1 saturated heterocycles. The van der Waals surface area contributed by atoms with Crippen LogP contribution in [0.5, 0.6) is 0 Å². The van der Waals surface area contributed by atoms with Gasteiger partial charge < -0.3 is 15.0 Å². The largest absolute Gasteiger partial charge is 0.365 e. The second-order valence-corrected chi connectivity index (χ2v) is 6.42. The van der Waals surface area contributed by atoms with Gasteiger partial charge in [0, 0.05) is 12.2 Å². The van der Waals surface area contributed by atoms with E-state index in [-0.39, 0.29) is 24.5 Å². The molecule has 136 valence electrons. The van der Waals surface area contributed by atoms with E-state index in [9.17, 15) is 9.59 Å². The van der Waals surface area contributed by atoms with Crippen molar-refractivity contribution in [2.24, 2.45) is 0 Å². The average molecular weight is 352 g/mol. The first kappa shape index (κ1) is 18.1. The van der Waals surface area contributed by atoms with Crippen molar-refractivity contribution in [2.45, 2.75) is 25.9 Å². The summed E-state index contributed by atoms with van der Waals surface area (Å²) in [6, 6.07) is 17.6. The highest BCUT2D eigenvalue weighted by Crippen LogP contribution is 2.19. The Morgan fingerprint density at radius 2 is 1.85 bits per heavy atom. The van der Waals surface area contributed by atoms with E-state index < -0.39 is 0 Å². The molecule has 5 heteroatoms. The second kappa shape index (κ2) is 8.63. The Bertz CT molecular complexity index is 744. The molecule has 0 spiro atoms. The molecular formula is C21H24N2O3. The van der Waals surface area contributed by atoms with Crippen molar-refractivity contribution in [3.8, 4) is 0 Å². The summed E-state index contributed by atoms with van der Waals surface area (Å²) in [6.45, 7) is 2.97. The van der Waals surface area contributed by atoms with E-state index in [1.54, 1.807) is 4.90 Å². The van der Waals surface area contributed by atoms with Gasteiger partial charge in [0.2, 0.25) is 5.91 Å². The topological polar surface area (TPSA) is 58.6 Å². The minimum Gasteiger partial charge on any atom is -0.365 e. The van der Waals surface area contributed by atoms with Crippen LogP contribution in [-0.2, 0) is 27.2 Å². The fourth-order valence-electron chi connectivity index (χ4n) is 2.98. The van der Waals surface area contributed by atoms with Gasteiger partial charge in [0.1, 0.15) is 6.61 Å². The maximum atomic E-state index is 12.2. The molecule has 0 aliphatic carbocycles. The SMILES string of the molecule is CCc1ccc(N2CC(CNC(=O)Cc3ccccc3)OCC2=O)cc1. The summed E-state index contributed by atoms with van der Waals surface area (Å²) in [5.41, 5.74) is 3.08. The van der Waals surface area contributed by atoms with E-state index in [0.29, 0.717) is 19.5 Å². The van der Waals surface area contributed by atoms with E-state index >= 15 is 0 Å². The molecule has 3 rings (SSSR count). The van der Waals surface area contributed by atoms with Gasteiger partial charge in [-0.15, -0.1) is 0 Å². The summed E-state index contributed by atoms with van der Waals surface area (Å²) in [5, 5.41) is 2.90. The number of nitrogens with zero attached hydrogens (tertiary/aromatic N) is 1. The Kier molecular flexibility index (Phi) is 6.02. The van der Waals surface area contributed by atoms with Crippen LogP contribution in [0, 0.1) is 0 Å². The standard InChI is InChI=1S/C21H24N2O3/c1-2-16-8-10-18(11-9-16)23-14-19(26-15-21(23)25)13-22-20(24)12-17-6-4-3-5-7-17/h3-11,19H,2,12-15H2,1H3,(H,22,24). The van der Waals surface area contributed by atoms with Crippen LogP contribution in [-0.4, -0.2) is 37.6 Å². The Morgan fingerprint density at radius 1 is 1.12 bits per heavy atom. The summed E-state index contributed by atoms with van der Waals surface area (Å²) in [6.07, 6.45) is 1.10. The number of aryl methyl sites for hydroxylation is 1. The average Bonchev–Trinajstić information content (AvgIpc) is 2.68. The first-order valence-electron chi connectivity index (χ1n) is 8.97. The normalized spacial score (nSPS) is 17.2. The highest BCUT2D eigenvalue weighted by molar-refractivity contribution is 5.95. The molecule has 1 aliphatic heterocycles. The van der Waals surface area contributed by atoms with E-state index in [0.717, 1.165) is 17.7 Å². The molecule has 2 amide bonds. The van der Waals surface area contributed by atoms with Gasteiger partial charge >= 0.3 is 0 Å². The predicted molar refractivity (Wildman–Crippen MR) is 101 cm³/mol. The molecule has 1 N–H and O–H groups in total. The maximum absolute atomic E-state index is 12.2. The number of hydrogen-bond acceptors (Lipinski definition) is 3. The number of hydrogen-bond donors (Lipinski definition) is 1. The second-order valence-electron chi connectivity index (χ2n) is 6.42. The quantitative estimate of drug-likeness (QED) is 0.868. The van der Waals surface area contributed by atoms with Gasteiger partial charge in [-0.05, 0) is 29.7 Å². The van der Waals surface area contributed by atoms with Crippen molar-refractivity contribution in [1.29, 1.82) is 0 Å². The molecule has 0 bridgehead atoms. The fourth-order valence-corrected chi connectivity index (χ4v) is 2.98. The van der Waals surface area contributed by atoms with Gasteiger partial charge in [-0.2, -0.15) is 0 Å². The zero-order valence-electron chi connectivity index (χ0n) is 15.0. The highest BCUT2D eigenvalue weighted by Gasteiger charge is 2.27. The summed E-state index contributed by atoms with van der Waals surface area (Å²) < 4.78 is 5.58. The molecule has 0 radical (unpaired) electrons. The van der Waals surface area contributed by atoms with Gasteiger partial charge in [0.15, 0.2) is 0 Å². The van der Waals surface area contributed by atoms with Gasteiger partial charge in [-0.3, -0.25) is 9.59 Å². The lowest BCUT2D eigenvalue weighted by atomic mass is 10.1. The number of benzene rings is 2. The van der Waals surface area contributed by atoms with Crippen molar-refractivity contribution in [1.82, 2.24) is 5.32 Å². The number of carbonyl (C=O) groups excluding carboxylic acids is 2. The minimum absolute atomic E-state index is 0.0365. The molecule has 2 aromatic rings. The monoisotopic (exact) mass is 352 g/mol. The number of morpholine rings is 1. The first-order chi connectivity index (χ1) is 12.7. The summed E-state index contributed by atoms with van der Waals surface area (Å²) in [7, 11) is 0. The van der Waals surface area contributed by atoms with Gasteiger partial charge in [-0.1, -0.05) is 49.4 Å². The van der Waals surface area contributed by atoms with E-state index in [4.69, 9.17) is 4.74 Å². The van der Waals surface area contributed by atoms with Gasteiger partial charge in [0.05, 0.1) is 19.1 Å². The fraction of sp³-hybridized carbons (Fsp3) is 0.333. The molecular weight excluding hydrogens is 328 g/mol. The number of nitrogens with one attached hydrogen (secondary N) is 1. The van der Waals surface area contributed by atoms with Crippen LogP contribution in [0.4, 0.5) is 5.69 Å². The number of ether oxygens (including phenoxy) is 1. The third kappa shape index (κ3) is 4.70. The van der Waals surface area contributed by atoms with E-state index in [1.807, 2.05) is 54.6 Å². The zero-order chi connectivity index (χ0) is 18.4. The van der Waals surface area contributed by atoms with Crippen molar-refractivity contribution in [2.75, 3.05) is 24.6 Å². The molecule has 1 heterocycles. The highest BCUT2D eigenvalue weighted by atomic mass is 16.5. The first-order valence-corrected chi connectivity index (χ1v) is 8.97. The molecule has 2 aromatic carbocycles. The lowest BCUT2D eigenvalue weighted by molar-refractivity contribution is -0.129. The molecule has 1 atom stereocenters. The summed E-state index contributed by atoms with van der Waals surface area (Å²) in [4.78, 5) is 26.0. The smallest absolute Gasteiger partial charge is 0.253 e. The Balaban J connectivity index is 1.54. The summed E-state index contributed by atoms with van der Waals surface area (Å²) in [5.74, 6) is -0.100. The van der Waals surface area contributed by atoms with Gasteiger partial charge in [0.25, 0.3) is 5.91 Å². The molecule has 26 heavy (non-hydrogen) atoms. The van der Waals surface area contributed by atoms with Crippen LogP contribution in [0.1, 0.15) is 18.1 Å². The number of anilines is 1. The molecule has 0 aromatic heterocycles. The Hall–Kier alpha value is -2.66. The number of carbonyl (C=O) groups is 2. The van der Waals surface area contributed by atoms with Crippen molar-refractivity contribution < 1.29 is 14.3 Å². The van der Waals surface area contributed by atoms with Crippen molar-refractivity contribution >= 4 is 17.5 Å². The van der Waals surface area contributed by atoms with E-state index in [1.165, 1.54) is 5.56 Å². The molecule has 0 saturated carbocycles.